The van der Waals surface area contributed by atoms with Crippen LogP contribution in [-0.4, -0.2) is 52.3 Å². The number of hydrogen-bond donors (Lipinski definition) is 0. The number of rotatable bonds is 10. The van der Waals surface area contributed by atoms with Gasteiger partial charge < -0.3 is 18.9 Å². The van der Waals surface area contributed by atoms with E-state index < -0.39 is 41.6 Å². The predicted molar refractivity (Wildman–Crippen MR) is 163 cm³/mol. The van der Waals surface area contributed by atoms with Crippen LogP contribution in [-0.2, 0) is 38.1 Å². The molecule has 0 aliphatic carbocycles. The third-order valence-electron chi connectivity index (χ3n) is 5.33. The summed E-state index contributed by atoms with van der Waals surface area (Å²) >= 11 is 6.81. The van der Waals surface area contributed by atoms with Crippen LogP contribution in [0.1, 0.15) is 38.3 Å². The first kappa shape index (κ1) is 38.9. The molecule has 0 N–H and O–H groups in total. The van der Waals surface area contributed by atoms with E-state index in [1.54, 1.807) is 12.2 Å². The van der Waals surface area contributed by atoms with Crippen molar-refractivity contribution in [1.82, 2.24) is 0 Å². The molecule has 8 nitrogen and oxygen atoms in total. The van der Waals surface area contributed by atoms with E-state index in [1.165, 1.54) is 28.4 Å². The average molecular weight is 686 g/mol. The summed E-state index contributed by atoms with van der Waals surface area (Å²) < 4.78 is 20.2. The minimum absolute atomic E-state index is 0. The molecule has 0 saturated carbocycles. The molecule has 0 aliphatic rings. The zero-order valence-electron chi connectivity index (χ0n) is 21.5. The standard InChI is InChI=1S/2C14H15BrO4.2CH4/c1-18-13(16)11(14(17)19-2)8-5-7-10-6-3-4-9-12(10)15;1-4-9(10-7-5-6-8-11(10)15)12(13(16)18-2)14(17)19-3;;/h3-7,9,11H,8H2,1-2H3;4-9,12H,1H2,2-3H3;2*1H4/b7-5+;;;. The monoisotopic (exact) mass is 684 g/mol. The zero-order valence-corrected chi connectivity index (χ0v) is 24.7. The molecule has 0 radical (unpaired) electrons. The van der Waals surface area contributed by atoms with E-state index >= 15 is 0 Å². The highest BCUT2D eigenvalue weighted by atomic mass is 79.9. The maximum atomic E-state index is 11.8. The summed E-state index contributed by atoms with van der Waals surface area (Å²) in [7, 11) is 4.96. The predicted octanol–water partition coefficient (Wildman–Crippen LogP) is 6.77. The highest BCUT2D eigenvalue weighted by molar-refractivity contribution is 9.10. The van der Waals surface area contributed by atoms with Crippen molar-refractivity contribution in [2.75, 3.05) is 28.4 Å². The molecular weight excluding hydrogens is 648 g/mol. The van der Waals surface area contributed by atoms with Crippen LogP contribution >= 0.6 is 31.9 Å². The lowest BCUT2D eigenvalue weighted by molar-refractivity contribution is -0.160. The quantitative estimate of drug-likeness (QED) is 0.117. The molecule has 2 aromatic rings. The minimum Gasteiger partial charge on any atom is -0.468 e. The van der Waals surface area contributed by atoms with Gasteiger partial charge in [-0.2, -0.15) is 0 Å². The lowest BCUT2D eigenvalue weighted by Crippen LogP contribution is -2.31. The van der Waals surface area contributed by atoms with Crippen molar-refractivity contribution in [2.24, 2.45) is 11.8 Å². The Labute approximate surface area is 254 Å². The summed E-state index contributed by atoms with van der Waals surface area (Å²) in [5, 5.41) is 0. The summed E-state index contributed by atoms with van der Waals surface area (Å²) in [5.41, 5.74) is 1.74. The Kier molecular flexibility index (Phi) is 20.1. The SMILES string of the molecule is C.C.C=CC(c1ccccc1Br)C(C(=O)OC)C(=O)OC.COC(=O)C(C/C=C/c1ccccc1Br)C(=O)OC. The van der Waals surface area contributed by atoms with Crippen molar-refractivity contribution in [2.45, 2.75) is 27.2 Å². The van der Waals surface area contributed by atoms with Gasteiger partial charge in [0.2, 0.25) is 0 Å². The van der Waals surface area contributed by atoms with Crippen LogP contribution < -0.4 is 0 Å². The van der Waals surface area contributed by atoms with Gasteiger partial charge in [0.25, 0.3) is 0 Å². The van der Waals surface area contributed by atoms with Gasteiger partial charge in [-0.25, -0.2) is 0 Å². The van der Waals surface area contributed by atoms with Crippen LogP contribution in [0.4, 0.5) is 0 Å². The van der Waals surface area contributed by atoms with E-state index in [-0.39, 0.29) is 21.3 Å². The Morgan fingerprint density at radius 3 is 1.62 bits per heavy atom. The summed E-state index contributed by atoms with van der Waals surface area (Å²) in [4.78, 5) is 46.5. The molecule has 0 spiro atoms. The van der Waals surface area contributed by atoms with Crippen LogP contribution in [0.3, 0.4) is 0 Å². The Morgan fingerprint density at radius 1 is 0.750 bits per heavy atom. The molecule has 10 heteroatoms. The van der Waals surface area contributed by atoms with E-state index in [2.05, 4.69) is 57.4 Å². The second-order valence-electron chi connectivity index (χ2n) is 7.57. The molecule has 2 aromatic carbocycles. The second-order valence-corrected chi connectivity index (χ2v) is 9.27. The Bertz CT molecular complexity index is 1110. The van der Waals surface area contributed by atoms with Crippen molar-refractivity contribution in [3.05, 3.63) is 87.3 Å². The highest BCUT2D eigenvalue weighted by Gasteiger charge is 2.37. The van der Waals surface area contributed by atoms with E-state index in [9.17, 15) is 19.2 Å². The maximum absolute atomic E-state index is 11.8. The molecule has 0 aromatic heterocycles. The van der Waals surface area contributed by atoms with E-state index in [1.807, 2.05) is 54.6 Å². The zero-order chi connectivity index (χ0) is 28.7. The molecule has 0 fully saturated rings. The summed E-state index contributed by atoms with van der Waals surface area (Å²) in [6.07, 6.45) is 5.36. The third kappa shape index (κ3) is 11.5. The highest BCUT2D eigenvalue weighted by Crippen LogP contribution is 2.33. The van der Waals surface area contributed by atoms with Gasteiger partial charge in [-0.3, -0.25) is 19.2 Å². The smallest absolute Gasteiger partial charge is 0.321 e. The van der Waals surface area contributed by atoms with Crippen molar-refractivity contribution in [3.63, 3.8) is 0 Å². The minimum atomic E-state index is -1.06. The molecule has 0 saturated heterocycles. The molecule has 0 bridgehead atoms. The molecule has 0 amide bonds. The van der Waals surface area contributed by atoms with Crippen LogP contribution in [0.25, 0.3) is 6.08 Å². The van der Waals surface area contributed by atoms with E-state index in [0.29, 0.717) is 0 Å². The first-order valence-electron chi connectivity index (χ1n) is 11.3. The van der Waals surface area contributed by atoms with Crippen molar-refractivity contribution >= 4 is 61.8 Å². The number of allylic oxidation sites excluding steroid dienone is 2. The average Bonchev–Trinajstić information content (AvgIpc) is 2.94. The fraction of sp³-hybridized carbons (Fsp3) is 0.333. The van der Waals surface area contributed by atoms with E-state index in [4.69, 9.17) is 0 Å². The number of hydrogen-bond acceptors (Lipinski definition) is 8. The first-order valence-corrected chi connectivity index (χ1v) is 12.8. The van der Waals surface area contributed by atoms with Crippen LogP contribution in [0, 0.1) is 11.8 Å². The number of carbonyl (C=O) groups is 4. The fourth-order valence-corrected chi connectivity index (χ4v) is 4.31. The molecular formula is C30H38Br2O8. The van der Waals surface area contributed by atoms with E-state index in [0.717, 1.165) is 20.1 Å². The fourth-order valence-electron chi connectivity index (χ4n) is 3.35. The summed E-state index contributed by atoms with van der Waals surface area (Å²) in [6, 6.07) is 15.0. The molecule has 1 atom stereocenters. The van der Waals surface area contributed by atoms with Gasteiger partial charge in [-0.05, 0) is 29.7 Å². The largest absolute Gasteiger partial charge is 0.468 e. The number of carbonyl (C=O) groups excluding carboxylic acids is 4. The van der Waals surface area contributed by atoms with Gasteiger partial charge >= 0.3 is 23.9 Å². The van der Waals surface area contributed by atoms with Gasteiger partial charge in [-0.1, -0.05) is 101 Å². The van der Waals surface area contributed by atoms with Crippen molar-refractivity contribution < 1.29 is 38.1 Å². The summed E-state index contributed by atoms with van der Waals surface area (Å²) in [6.45, 7) is 3.70. The third-order valence-corrected chi connectivity index (χ3v) is 6.78. The lowest BCUT2D eigenvalue weighted by Gasteiger charge is -2.21. The number of halogens is 2. The van der Waals surface area contributed by atoms with Crippen molar-refractivity contribution in [3.8, 4) is 0 Å². The number of esters is 4. The molecule has 40 heavy (non-hydrogen) atoms. The van der Waals surface area contributed by atoms with Gasteiger partial charge in [0, 0.05) is 14.9 Å². The number of ether oxygens (including phenoxy) is 4. The first-order chi connectivity index (χ1) is 18.2. The van der Waals surface area contributed by atoms with Crippen LogP contribution in [0.15, 0.2) is 76.2 Å². The second kappa shape index (κ2) is 20.6. The topological polar surface area (TPSA) is 105 Å². The molecule has 1 unspecified atom stereocenters. The molecule has 220 valence electrons. The van der Waals surface area contributed by atoms with Gasteiger partial charge in [0.05, 0.1) is 28.4 Å². The van der Waals surface area contributed by atoms with Crippen LogP contribution in [0.5, 0.6) is 0 Å². The maximum Gasteiger partial charge on any atom is 0.321 e. The molecule has 2 rings (SSSR count). The van der Waals surface area contributed by atoms with Gasteiger partial charge in [-0.15, -0.1) is 6.58 Å². The van der Waals surface area contributed by atoms with Crippen LogP contribution in [0.2, 0.25) is 0 Å². The normalized spacial score (nSPS) is 10.7. The molecule has 0 aliphatic heterocycles. The molecule has 0 heterocycles. The van der Waals surface area contributed by atoms with Gasteiger partial charge in [0.1, 0.15) is 0 Å². The Balaban J connectivity index is 0. The summed E-state index contributed by atoms with van der Waals surface area (Å²) in [5.74, 6) is -4.98. The Morgan fingerprint density at radius 2 is 1.20 bits per heavy atom. The number of methoxy groups -OCH3 is 4. The van der Waals surface area contributed by atoms with Gasteiger partial charge in [0.15, 0.2) is 11.8 Å². The number of benzene rings is 2. The lowest BCUT2D eigenvalue weighted by atomic mass is 9.86. The van der Waals surface area contributed by atoms with Crippen molar-refractivity contribution in [1.29, 1.82) is 0 Å². The Hall–Kier alpha value is -3.24.